The van der Waals surface area contributed by atoms with Crippen LogP contribution in [-0.4, -0.2) is 59.7 Å². The Hall–Kier alpha value is -3.99. The van der Waals surface area contributed by atoms with E-state index in [2.05, 4.69) is 64.5 Å². The van der Waals surface area contributed by atoms with E-state index in [0.29, 0.717) is 29.0 Å². The second-order valence-electron chi connectivity index (χ2n) is 8.44. The van der Waals surface area contributed by atoms with Crippen molar-refractivity contribution in [2.75, 3.05) is 19.4 Å². The Morgan fingerprint density at radius 1 is 1.21 bits per heavy atom. The highest BCUT2D eigenvalue weighted by Crippen LogP contribution is 2.22. The molecule has 0 spiro atoms. The Labute approximate surface area is 188 Å². The van der Waals surface area contributed by atoms with Crippen LogP contribution in [0.1, 0.15) is 29.7 Å². The van der Waals surface area contributed by atoms with Gasteiger partial charge in [-0.15, -0.1) is 0 Å². The van der Waals surface area contributed by atoms with Gasteiger partial charge < -0.3 is 20.3 Å². The molecule has 0 unspecified atom stereocenters. The molecule has 33 heavy (non-hydrogen) atoms. The summed E-state index contributed by atoms with van der Waals surface area (Å²) in [4.78, 5) is 32.3. The molecule has 0 atom stereocenters. The Morgan fingerprint density at radius 3 is 2.64 bits per heavy atom. The zero-order valence-corrected chi connectivity index (χ0v) is 18.4. The normalized spacial score (nSPS) is 15.1. The van der Waals surface area contributed by atoms with Crippen molar-refractivity contribution in [1.29, 1.82) is 0 Å². The van der Waals surface area contributed by atoms with Gasteiger partial charge in [0.25, 0.3) is 5.62 Å². The summed E-state index contributed by atoms with van der Waals surface area (Å²) < 4.78 is 1.58. The lowest BCUT2D eigenvalue weighted by atomic mass is 10.1. The summed E-state index contributed by atoms with van der Waals surface area (Å²) in [6.07, 6.45) is 5.28. The zero-order valence-electron chi connectivity index (χ0n) is 18.4. The number of nitrogens with zero attached hydrogens (tertiary/aromatic N) is 6. The molecule has 1 saturated carbocycles. The molecule has 0 amide bonds. The van der Waals surface area contributed by atoms with E-state index in [1.165, 1.54) is 5.56 Å². The monoisotopic (exact) mass is 447 g/mol. The topological polar surface area (TPSA) is 140 Å². The Kier molecular flexibility index (Phi) is 5.38. The van der Waals surface area contributed by atoms with Crippen LogP contribution in [0.2, 0.25) is 0 Å². The van der Waals surface area contributed by atoms with Crippen molar-refractivity contribution in [2.45, 2.75) is 32.0 Å². The fraction of sp³-hybridized carbons (Fsp3) is 0.318. The van der Waals surface area contributed by atoms with Crippen molar-refractivity contribution in [3.05, 3.63) is 68.6 Å². The highest BCUT2D eigenvalue weighted by atomic mass is 16.3. The maximum Gasteiger partial charge on any atom is 0.326 e. The molecule has 0 radical (unpaired) electrons. The van der Waals surface area contributed by atoms with Gasteiger partial charge in [0.05, 0.1) is 12.2 Å². The van der Waals surface area contributed by atoms with E-state index < -0.39 is 5.69 Å². The van der Waals surface area contributed by atoms with Gasteiger partial charge in [-0.25, -0.2) is 9.79 Å². The van der Waals surface area contributed by atoms with Gasteiger partial charge in [-0.05, 0) is 44.1 Å². The number of hydrogen-bond acceptors (Lipinski definition) is 8. The van der Waals surface area contributed by atoms with Crippen molar-refractivity contribution < 1.29 is 5.11 Å². The Balaban J connectivity index is 1.48. The highest BCUT2D eigenvalue weighted by Gasteiger charge is 2.21. The van der Waals surface area contributed by atoms with Crippen molar-refractivity contribution >= 4 is 17.7 Å². The van der Waals surface area contributed by atoms with Crippen molar-refractivity contribution in [3.8, 4) is 5.88 Å². The minimum Gasteiger partial charge on any atom is -0.493 e. The summed E-state index contributed by atoms with van der Waals surface area (Å²) in [7, 11) is 4.09. The molecule has 11 nitrogen and oxygen atoms in total. The van der Waals surface area contributed by atoms with Crippen LogP contribution >= 0.6 is 0 Å². The number of benzene rings is 1. The molecule has 3 aromatic heterocycles. The third-order valence-electron chi connectivity index (χ3n) is 5.23. The Morgan fingerprint density at radius 2 is 1.97 bits per heavy atom. The first kappa shape index (κ1) is 20.9. The molecular formula is C22H25N9O2. The van der Waals surface area contributed by atoms with Crippen LogP contribution in [0.15, 0.2) is 40.2 Å². The van der Waals surface area contributed by atoms with Crippen LogP contribution in [0.25, 0.3) is 11.7 Å². The molecule has 0 bridgehead atoms. The molecule has 4 N–H and O–H groups in total. The van der Waals surface area contributed by atoms with Crippen LogP contribution in [-0.2, 0) is 13.1 Å². The maximum absolute atomic E-state index is 11.5. The highest BCUT2D eigenvalue weighted by molar-refractivity contribution is 5.57. The molecule has 11 heteroatoms. The van der Waals surface area contributed by atoms with E-state index in [0.717, 1.165) is 24.9 Å². The number of anilines is 1. The first-order valence-corrected chi connectivity index (χ1v) is 10.7. The second-order valence-corrected chi connectivity index (χ2v) is 8.44. The van der Waals surface area contributed by atoms with E-state index in [9.17, 15) is 9.90 Å². The lowest BCUT2D eigenvalue weighted by Crippen LogP contribution is -2.24. The molecule has 0 saturated heterocycles. The van der Waals surface area contributed by atoms with E-state index in [1.54, 1.807) is 16.8 Å². The summed E-state index contributed by atoms with van der Waals surface area (Å²) in [5.41, 5.74) is 3.11. The Bertz CT molecular complexity index is 1460. The van der Waals surface area contributed by atoms with Gasteiger partial charge in [0.2, 0.25) is 11.8 Å². The molecule has 1 aliphatic rings. The molecule has 1 aromatic carbocycles. The standard InChI is InChI=1S/C22H25N9O2/c1-30(2)12-14-5-3-13(4-6-14)10-23-20-27-18-15(9-17-19(32)28-22(33)26-17)11-24-31(18)21(29-20)25-16-7-8-16/h3-6,9,11,16,32H,7-8,10,12H2,1-2H3,(H,23,25,29)(H2,26,28,33). The summed E-state index contributed by atoms with van der Waals surface area (Å²) in [5.74, 6) is 0.188. The number of aromatic amines is 2. The summed E-state index contributed by atoms with van der Waals surface area (Å²) in [5, 5.41) is 18.2. The minimum absolute atomic E-state index is 0.243. The molecule has 5 rings (SSSR count). The molecule has 0 aliphatic heterocycles. The predicted molar refractivity (Wildman–Crippen MR) is 122 cm³/mol. The third-order valence-corrected chi connectivity index (χ3v) is 5.23. The minimum atomic E-state index is -0.492. The molecule has 170 valence electrons. The largest absolute Gasteiger partial charge is 0.493 e. The smallest absolute Gasteiger partial charge is 0.326 e. The number of nitrogens with one attached hydrogen (secondary N) is 3. The summed E-state index contributed by atoms with van der Waals surface area (Å²) >= 11 is 0. The van der Waals surface area contributed by atoms with E-state index in [1.807, 2.05) is 14.1 Å². The molecule has 4 aromatic rings. The number of fused-ring (bicyclic) bond motifs is 1. The van der Waals surface area contributed by atoms with Gasteiger partial charge in [-0.1, -0.05) is 24.3 Å². The maximum atomic E-state index is 11.5. The van der Waals surface area contributed by atoms with Crippen molar-refractivity contribution in [1.82, 2.24) is 34.4 Å². The van der Waals surface area contributed by atoms with Crippen LogP contribution in [0.4, 0.5) is 5.95 Å². The van der Waals surface area contributed by atoms with Crippen LogP contribution in [0.3, 0.4) is 0 Å². The number of aromatic hydroxyl groups is 1. The lowest BCUT2D eigenvalue weighted by Gasteiger charge is -2.10. The third kappa shape index (κ3) is 4.77. The van der Waals surface area contributed by atoms with Crippen LogP contribution in [0, 0.1) is 0 Å². The quantitative estimate of drug-likeness (QED) is 0.316. The van der Waals surface area contributed by atoms with Gasteiger partial charge >= 0.3 is 5.69 Å². The van der Waals surface area contributed by atoms with Gasteiger partial charge in [-0.3, -0.25) is 4.98 Å². The number of hydrogen-bond donors (Lipinski definition) is 4. The van der Waals surface area contributed by atoms with Crippen LogP contribution < -0.4 is 21.8 Å². The molecule has 1 fully saturated rings. The van der Waals surface area contributed by atoms with Crippen LogP contribution in [0.5, 0.6) is 5.88 Å². The SMILES string of the molecule is CN(C)Cc1ccc(CNc2nc(=NC3CC3)n3ncc(=Cc4[nH]c(=O)[nH]c4O)c3n2)cc1. The van der Waals surface area contributed by atoms with Crippen molar-refractivity contribution in [2.24, 2.45) is 4.99 Å². The van der Waals surface area contributed by atoms with Gasteiger partial charge in [0.1, 0.15) is 5.69 Å². The molecule has 3 heterocycles. The van der Waals surface area contributed by atoms with Crippen molar-refractivity contribution in [3.63, 3.8) is 0 Å². The first-order chi connectivity index (χ1) is 15.9. The lowest BCUT2D eigenvalue weighted by molar-refractivity contribution is 0.402. The van der Waals surface area contributed by atoms with E-state index in [4.69, 9.17) is 0 Å². The first-order valence-electron chi connectivity index (χ1n) is 10.7. The summed E-state index contributed by atoms with van der Waals surface area (Å²) in [6.45, 7) is 1.45. The van der Waals surface area contributed by atoms with E-state index in [-0.39, 0.29) is 17.6 Å². The number of H-pyrrole nitrogens is 2. The van der Waals surface area contributed by atoms with E-state index >= 15 is 0 Å². The summed E-state index contributed by atoms with van der Waals surface area (Å²) in [6, 6.07) is 8.65. The second kappa shape index (κ2) is 8.51. The molecule has 1 aliphatic carbocycles. The fourth-order valence-corrected chi connectivity index (χ4v) is 3.47. The predicted octanol–water partition coefficient (Wildman–Crippen LogP) is 0.131. The van der Waals surface area contributed by atoms with Gasteiger partial charge in [0, 0.05) is 18.3 Å². The zero-order chi connectivity index (χ0) is 22.9. The molecular weight excluding hydrogens is 422 g/mol. The average Bonchev–Trinajstić information content (AvgIpc) is 3.41. The number of rotatable bonds is 7. The van der Waals surface area contributed by atoms with Gasteiger partial charge in [0.15, 0.2) is 5.65 Å². The average molecular weight is 448 g/mol. The van der Waals surface area contributed by atoms with Gasteiger partial charge in [-0.2, -0.15) is 19.6 Å². The number of imidazole rings is 1. The number of aromatic nitrogens is 6. The fourth-order valence-electron chi connectivity index (χ4n) is 3.47.